The average Bonchev–Trinajstić information content (AvgIpc) is 3.18. The first-order valence-corrected chi connectivity index (χ1v) is 6.43. The van der Waals surface area contributed by atoms with Crippen LogP contribution < -0.4 is 0 Å². The summed E-state index contributed by atoms with van der Waals surface area (Å²) < 4.78 is 11.7. The van der Waals surface area contributed by atoms with Gasteiger partial charge in [0.15, 0.2) is 0 Å². The minimum absolute atomic E-state index is 0.370. The molecule has 7 heteroatoms. The summed E-state index contributed by atoms with van der Waals surface area (Å²) in [6.45, 7) is 1.43. The Morgan fingerprint density at radius 3 is 2.70 bits per heavy atom. The summed E-state index contributed by atoms with van der Waals surface area (Å²) in [7, 11) is 0. The molecule has 1 aliphatic rings. The van der Waals surface area contributed by atoms with Gasteiger partial charge in [0.2, 0.25) is 5.79 Å². The molecular formula is C13H13N5O2. The van der Waals surface area contributed by atoms with Gasteiger partial charge < -0.3 is 9.47 Å². The maximum absolute atomic E-state index is 5.86. The van der Waals surface area contributed by atoms with Crippen molar-refractivity contribution in [1.82, 2.24) is 25.2 Å². The number of aromatic amines is 1. The van der Waals surface area contributed by atoms with Crippen LogP contribution in [0.2, 0.25) is 0 Å². The Morgan fingerprint density at radius 2 is 1.90 bits per heavy atom. The Balaban J connectivity index is 1.82. The molecule has 7 nitrogen and oxygen atoms in total. The number of nitrogens with zero attached hydrogens (tertiary/aromatic N) is 4. The van der Waals surface area contributed by atoms with Crippen LogP contribution in [0, 0.1) is 0 Å². The first-order valence-electron chi connectivity index (χ1n) is 6.43. The molecule has 0 amide bonds. The summed E-state index contributed by atoms with van der Waals surface area (Å²) in [5, 5.41) is 16.6. The highest BCUT2D eigenvalue weighted by Crippen LogP contribution is 2.35. The summed E-state index contributed by atoms with van der Waals surface area (Å²) in [5.74, 6) is -0.932. The van der Waals surface area contributed by atoms with E-state index in [2.05, 4.69) is 20.4 Å². The second-order valence-electron chi connectivity index (χ2n) is 4.63. The van der Waals surface area contributed by atoms with Crippen molar-refractivity contribution in [1.29, 1.82) is 0 Å². The zero-order valence-corrected chi connectivity index (χ0v) is 10.7. The fraction of sp³-hybridized carbons (Fsp3) is 0.308. The van der Waals surface area contributed by atoms with Crippen molar-refractivity contribution in [2.75, 3.05) is 13.2 Å². The summed E-state index contributed by atoms with van der Waals surface area (Å²) in [4.78, 5) is 1.55. The van der Waals surface area contributed by atoms with Gasteiger partial charge in [-0.3, -0.25) is 5.10 Å². The molecule has 1 fully saturated rings. The Morgan fingerprint density at radius 1 is 1.15 bits per heavy atom. The van der Waals surface area contributed by atoms with Gasteiger partial charge in [-0.15, -0.1) is 0 Å². The molecule has 1 N–H and O–H groups in total. The van der Waals surface area contributed by atoms with E-state index in [1.165, 1.54) is 0 Å². The van der Waals surface area contributed by atoms with E-state index >= 15 is 0 Å². The highest BCUT2D eigenvalue weighted by Gasteiger charge is 2.43. The molecule has 2 aromatic heterocycles. The summed E-state index contributed by atoms with van der Waals surface area (Å²) in [6.07, 6.45) is 3.26. The number of benzene rings is 1. The van der Waals surface area contributed by atoms with Crippen molar-refractivity contribution in [3.8, 4) is 0 Å². The summed E-state index contributed by atoms with van der Waals surface area (Å²) in [6, 6.07) is 7.90. The zero-order valence-electron chi connectivity index (χ0n) is 10.7. The van der Waals surface area contributed by atoms with Crippen molar-refractivity contribution in [3.63, 3.8) is 0 Å². The first kappa shape index (κ1) is 11.6. The Labute approximate surface area is 114 Å². The van der Waals surface area contributed by atoms with Crippen LogP contribution in [0.4, 0.5) is 0 Å². The van der Waals surface area contributed by atoms with Gasteiger partial charge in [0.05, 0.1) is 31.1 Å². The number of aromatic nitrogens is 5. The number of para-hydroxylation sites is 1. The number of hydrogen-bond donors (Lipinski definition) is 1. The van der Waals surface area contributed by atoms with Gasteiger partial charge >= 0.3 is 0 Å². The second-order valence-corrected chi connectivity index (χ2v) is 4.63. The molecule has 1 aliphatic heterocycles. The molecule has 3 aromatic rings. The van der Waals surface area contributed by atoms with Gasteiger partial charge in [0, 0.05) is 5.39 Å². The number of ether oxygens (including phenoxy) is 2. The van der Waals surface area contributed by atoms with E-state index in [1.54, 1.807) is 17.2 Å². The predicted molar refractivity (Wildman–Crippen MR) is 69.7 cm³/mol. The second kappa shape index (κ2) is 4.39. The molecule has 4 rings (SSSR count). The standard InChI is InChI=1S/C13H13N5O2/c1-2-4-11-10(3-1)12(17-16-11)13(19-7-8-20-13)9-18-14-5-6-15-18/h1-6H,7-9H2,(H,16,17). The lowest BCUT2D eigenvalue weighted by Crippen LogP contribution is -2.34. The normalized spacial score (nSPS) is 17.8. The molecule has 0 aliphatic carbocycles. The Kier molecular flexibility index (Phi) is 2.54. The minimum atomic E-state index is -0.932. The maximum atomic E-state index is 5.86. The highest BCUT2D eigenvalue weighted by molar-refractivity contribution is 5.81. The van der Waals surface area contributed by atoms with Crippen LogP contribution in [0.1, 0.15) is 5.69 Å². The van der Waals surface area contributed by atoms with E-state index in [1.807, 2.05) is 24.3 Å². The van der Waals surface area contributed by atoms with Crippen LogP contribution in [0.5, 0.6) is 0 Å². The van der Waals surface area contributed by atoms with Crippen LogP contribution >= 0.6 is 0 Å². The predicted octanol–water partition coefficient (Wildman–Crippen LogP) is 1.05. The Bertz CT molecular complexity index is 715. The molecule has 3 heterocycles. The van der Waals surface area contributed by atoms with Gasteiger partial charge in [-0.25, -0.2) is 0 Å². The molecule has 0 saturated carbocycles. The topological polar surface area (TPSA) is 77.8 Å². The van der Waals surface area contributed by atoms with Crippen LogP contribution in [-0.4, -0.2) is 38.4 Å². The number of H-pyrrole nitrogens is 1. The van der Waals surface area contributed by atoms with E-state index in [-0.39, 0.29) is 0 Å². The molecule has 102 valence electrons. The van der Waals surface area contributed by atoms with Crippen molar-refractivity contribution < 1.29 is 9.47 Å². The number of nitrogens with one attached hydrogen (secondary N) is 1. The lowest BCUT2D eigenvalue weighted by molar-refractivity contribution is -0.181. The molecule has 1 aromatic carbocycles. The van der Waals surface area contributed by atoms with Crippen LogP contribution in [0.15, 0.2) is 36.7 Å². The zero-order chi connectivity index (χ0) is 13.4. The quantitative estimate of drug-likeness (QED) is 0.770. The molecule has 1 saturated heterocycles. The van der Waals surface area contributed by atoms with Crippen molar-refractivity contribution in [2.24, 2.45) is 0 Å². The third-order valence-electron chi connectivity index (χ3n) is 3.40. The van der Waals surface area contributed by atoms with Gasteiger partial charge in [-0.05, 0) is 6.07 Å². The van der Waals surface area contributed by atoms with Crippen molar-refractivity contribution in [3.05, 3.63) is 42.4 Å². The molecule has 20 heavy (non-hydrogen) atoms. The van der Waals surface area contributed by atoms with Gasteiger partial charge in [-0.2, -0.15) is 20.1 Å². The van der Waals surface area contributed by atoms with Crippen LogP contribution in [0.25, 0.3) is 10.9 Å². The maximum Gasteiger partial charge on any atom is 0.237 e. The van der Waals surface area contributed by atoms with E-state index in [0.29, 0.717) is 19.8 Å². The summed E-state index contributed by atoms with van der Waals surface area (Å²) >= 11 is 0. The van der Waals surface area contributed by atoms with E-state index in [4.69, 9.17) is 9.47 Å². The van der Waals surface area contributed by atoms with Crippen LogP contribution in [0.3, 0.4) is 0 Å². The van der Waals surface area contributed by atoms with Crippen molar-refractivity contribution >= 4 is 10.9 Å². The monoisotopic (exact) mass is 271 g/mol. The Hall–Kier alpha value is -2.25. The fourth-order valence-electron chi connectivity index (χ4n) is 2.52. The van der Waals surface area contributed by atoms with Crippen molar-refractivity contribution in [2.45, 2.75) is 12.3 Å². The third kappa shape index (κ3) is 1.71. The lowest BCUT2D eigenvalue weighted by atomic mass is 10.1. The van der Waals surface area contributed by atoms with E-state index < -0.39 is 5.79 Å². The molecule has 0 atom stereocenters. The fourth-order valence-corrected chi connectivity index (χ4v) is 2.52. The van der Waals surface area contributed by atoms with E-state index in [9.17, 15) is 0 Å². The van der Waals surface area contributed by atoms with Gasteiger partial charge in [0.25, 0.3) is 0 Å². The largest absolute Gasteiger partial charge is 0.341 e. The van der Waals surface area contributed by atoms with Gasteiger partial charge in [-0.1, -0.05) is 18.2 Å². The lowest BCUT2D eigenvalue weighted by Gasteiger charge is -2.24. The first-order chi connectivity index (χ1) is 9.87. The molecule has 0 radical (unpaired) electrons. The smallest absolute Gasteiger partial charge is 0.237 e. The van der Waals surface area contributed by atoms with Crippen LogP contribution in [-0.2, 0) is 21.8 Å². The molecule has 0 bridgehead atoms. The molecule has 0 spiro atoms. The SMILES string of the molecule is c1ccc2c(C3(Cn4nccn4)OCCO3)n[nH]c2c1. The van der Waals surface area contributed by atoms with E-state index in [0.717, 1.165) is 16.6 Å². The highest BCUT2D eigenvalue weighted by atomic mass is 16.7. The molecular weight excluding hydrogens is 258 g/mol. The minimum Gasteiger partial charge on any atom is -0.341 e. The number of fused-ring (bicyclic) bond motifs is 1. The summed E-state index contributed by atoms with van der Waals surface area (Å²) in [5.41, 5.74) is 1.69. The third-order valence-corrected chi connectivity index (χ3v) is 3.40. The van der Waals surface area contributed by atoms with Gasteiger partial charge in [0.1, 0.15) is 12.2 Å². The number of rotatable bonds is 3. The number of hydrogen-bond acceptors (Lipinski definition) is 5. The molecule has 0 unspecified atom stereocenters. The average molecular weight is 271 g/mol.